The first-order chi connectivity index (χ1) is 4.47. The van der Waals surface area contributed by atoms with Gasteiger partial charge in [-0.2, -0.15) is 0 Å². The van der Waals surface area contributed by atoms with Gasteiger partial charge in [0.1, 0.15) is 0 Å². The van der Waals surface area contributed by atoms with Crippen LogP contribution in [0.25, 0.3) is 0 Å². The van der Waals surface area contributed by atoms with Gasteiger partial charge in [-0.3, -0.25) is 0 Å². The minimum atomic E-state index is 0.284. The van der Waals surface area contributed by atoms with E-state index in [-0.39, 0.29) is 6.10 Å². The standard InChI is InChI=1S/C8H7O/c1-2-4-7(5-3-1)8-6-9-8/h1-6,8H/q+1. The normalized spacial score (nSPS) is 22.9. The van der Waals surface area contributed by atoms with Crippen molar-refractivity contribution in [1.29, 1.82) is 0 Å². The van der Waals surface area contributed by atoms with Crippen LogP contribution in [0.4, 0.5) is 0 Å². The minimum Gasteiger partial charge on any atom is -0.133 e. The highest BCUT2D eigenvalue weighted by Crippen LogP contribution is 2.33. The highest BCUT2D eigenvalue weighted by Gasteiger charge is 2.40. The summed E-state index contributed by atoms with van der Waals surface area (Å²) in [5, 5.41) is 0. The number of benzene rings is 1. The minimum absolute atomic E-state index is 0.284. The second-order valence-electron chi connectivity index (χ2n) is 2.10. The van der Waals surface area contributed by atoms with Gasteiger partial charge in [-0.05, 0) is 0 Å². The highest BCUT2D eigenvalue weighted by molar-refractivity contribution is 5.22. The zero-order valence-electron chi connectivity index (χ0n) is 4.95. The largest absolute Gasteiger partial charge is 0.300 e. The monoisotopic (exact) mass is 119 g/mol. The quantitative estimate of drug-likeness (QED) is 0.406. The predicted octanol–water partition coefficient (Wildman–Crippen LogP) is 1.92. The third kappa shape index (κ3) is 0.911. The van der Waals surface area contributed by atoms with Gasteiger partial charge < -0.3 is 0 Å². The fourth-order valence-electron chi connectivity index (χ4n) is 0.839. The first kappa shape index (κ1) is 4.89. The van der Waals surface area contributed by atoms with Crippen molar-refractivity contribution in [3.8, 4) is 0 Å². The van der Waals surface area contributed by atoms with Crippen LogP contribution in [0.1, 0.15) is 11.7 Å². The molecule has 0 radical (unpaired) electrons. The second-order valence-corrected chi connectivity index (χ2v) is 2.10. The Labute approximate surface area is 54.3 Å². The van der Waals surface area contributed by atoms with Crippen LogP contribution in [0, 0.1) is 6.61 Å². The average molecular weight is 119 g/mol. The van der Waals surface area contributed by atoms with Crippen LogP contribution in [-0.4, -0.2) is 0 Å². The van der Waals surface area contributed by atoms with Gasteiger partial charge in [0.05, 0.1) is 0 Å². The topological polar surface area (TPSA) is 12.5 Å². The molecule has 1 fully saturated rings. The third-order valence-electron chi connectivity index (χ3n) is 1.40. The summed E-state index contributed by atoms with van der Waals surface area (Å²) in [6.07, 6.45) is 0.284. The van der Waals surface area contributed by atoms with Crippen LogP contribution < -0.4 is 0 Å². The highest BCUT2D eigenvalue weighted by atomic mass is 16.6. The van der Waals surface area contributed by atoms with Gasteiger partial charge in [0, 0.05) is 5.56 Å². The molecule has 0 bridgehead atoms. The SMILES string of the molecule is c1ccc(C2[CH+]O2)cc1. The van der Waals surface area contributed by atoms with Crippen molar-refractivity contribution < 1.29 is 4.74 Å². The molecule has 1 atom stereocenters. The zero-order chi connectivity index (χ0) is 6.10. The number of rotatable bonds is 1. The third-order valence-corrected chi connectivity index (χ3v) is 1.40. The summed E-state index contributed by atoms with van der Waals surface area (Å²) in [6.45, 7) is 1.83. The Morgan fingerprint density at radius 3 is 2.44 bits per heavy atom. The van der Waals surface area contributed by atoms with Crippen molar-refractivity contribution in [2.45, 2.75) is 6.10 Å². The van der Waals surface area contributed by atoms with E-state index in [0.717, 1.165) is 0 Å². The van der Waals surface area contributed by atoms with E-state index in [1.807, 2.05) is 24.8 Å². The van der Waals surface area contributed by atoms with Crippen molar-refractivity contribution in [2.75, 3.05) is 0 Å². The van der Waals surface area contributed by atoms with E-state index in [2.05, 4.69) is 12.1 Å². The predicted molar refractivity (Wildman–Crippen MR) is 34.6 cm³/mol. The van der Waals surface area contributed by atoms with Crippen molar-refractivity contribution in [1.82, 2.24) is 0 Å². The molecule has 0 aromatic heterocycles. The lowest BCUT2D eigenvalue weighted by atomic mass is 10.2. The molecule has 0 N–H and O–H groups in total. The van der Waals surface area contributed by atoms with E-state index in [1.165, 1.54) is 5.56 Å². The van der Waals surface area contributed by atoms with E-state index in [0.29, 0.717) is 0 Å². The summed E-state index contributed by atoms with van der Waals surface area (Å²) in [4.78, 5) is 0. The Kier molecular flexibility index (Phi) is 0.965. The summed E-state index contributed by atoms with van der Waals surface area (Å²) in [5.41, 5.74) is 1.25. The lowest BCUT2D eigenvalue weighted by Gasteiger charge is -1.84. The van der Waals surface area contributed by atoms with Crippen molar-refractivity contribution in [2.24, 2.45) is 0 Å². The molecular weight excluding hydrogens is 112 g/mol. The van der Waals surface area contributed by atoms with E-state index < -0.39 is 0 Å². The summed E-state index contributed by atoms with van der Waals surface area (Å²) >= 11 is 0. The molecule has 1 aliphatic heterocycles. The van der Waals surface area contributed by atoms with Crippen LogP contribution in [0.5, 0.6) is 0 Å². The lowest BCUT2D eigenvalue weighted by molar-refractivity contribution is 0.434. The van der Waals surface area contributed by atoms with E-state index in [1.54, 1.807) is 0 Å². The van der Waals surface area contributed by atoms with Crippen LogP contribution in [0.3, 0.4) is 0 Å². The molecule has 0 amide bonds. The molecule has 0 saturated carbocycles. The molecule has 44 valence electrons. The molecule has 1 unspecified atom stereocenters. The van der Waals surface area contributed by atoms with Crippen LogP contribution in [-0.2, 0) is 4.74 Å². The Morgan fingerprint density at radius 1 is 1.22 bits per heavy atom. The molecule has 1 heteroatoms. The zero-order valence-corrected chi connectivity index (χ0v) is 4.95. The smallest absolute Gasteiger partial charge is 0.133 e. The summed E-state index contributed by atoms with van der Waals surface area (Å²) < 4.78 is 4.97. The molecule has 1 heterocycles. The first-order valence-electron chi connectivity index (χ1n) is 3.00. The number of hydrogen-bond donors (Lipinski definition) is 0. The number of hydrogen-bond acceptors (Lipinski definition) is 1. The summed E-state index contributed by atoms with van der Waals surface area (Å²) in [7, 11) is 0. The van der Waals surface area contributed by atoms with Gasteiger partial charge in [-0.1, -0.05) is 30.3 Å². The molecular formula is C8H7O+. The molecule has 1 aliphatic rings. The van der Waals surface area contributed by atoms with Crippen LogP contribution in [0.15, 0.2) is 30.3 Å². The first-order valence-corrected chi connectivity index (χ1v) is 3.00. The van der Waals surface area contributed by atoms with Gasteiger partial charge in [-0.15, -0.1) is 4.74 Å². The van der Waals surface area contributed by atoms with Crippen LogP contribution in [0.2, 0.25) is 0 Å². The maximum Gasteiger partial charge on any atom is 0.300 e. The maximum absolute atomic E-state index is 4.97. The van der Waals surface area contributed by atoms with E-state index in [9.17, 15) is 0 Å². The maximum atomic E-state index is 4.97. The van der Waals surface area contributed by atoms with E-state index in [4.69, 9.17) is 4.74 Å². The molecule has 1 nitrogen and oxygen atoms in total. The van der Waals surface area contributed by atoms with Gasteiger partial charge in [-0.25, -0.2) is 0 Å². The molecule has 1 aromatic rings. The molecule has 0 spiro atoms. The Bertz CT molecular complexity index is 189. The van der Waals surface area contributed by atoms with Gasteiger partial charge in [0.25, 0.3) is 6.61 Å². The molecule has 0 aliphatic carbocycles. The molecule has 1 saturated heterocycles. The fourth-order valence-corrected chi connectivity index (χ4v) is 0.839. The Hall–Kier alpha value is -0.950. The Balaban J connectivity index is 2.29. The lowest BCUT2D eigenvalue weighted by Crippen LogP contribution is -1.74. The second kappa shape index (κ2) is 1.78. The molecule has 1 aromatic carbocycles. The van der Waals surface area contributed by atoms with Gasteiger partial charge >= 0.3 is 6.10 Å². The average Bonchev–Trinajstić information content (AvgIpc) is 2.71. The van der Waals surface area contributed by atoms with Crippen molar-refractivity contribution in [3.63, 3.8) is 0 Å². The summed E-state index contributed by atoms with van der Waals surface area (Å²) in [5.74, 6) is 0. The van der Waals surface area contributed by atoms with E-state index >= 15 is 0 Å². The van der Waals surface area contributed by atoms with Crippen molar-refractivity contribution >= 4 is 0 Å². The van der Waals surface area contributed by atoms with Crippen molar-refractivity contribution in [3.05, 3.63) is 42.5 Å². The summed E-state index contributed by atoms with van der Waals surface area (Å²) in [6, 6.07) is 10.2. The van der Waals surface area contributed by atoms with Gasteiger partial charge in [0.2, 0.25) is 0 Å². The van der Waals surface area contributed by atoms with Crippen LogP contribution >= 0.6 is 0 Å². The number of epoxide rings is 1. The fraction of sp³-hybridized carbons (Fsp3) is 0.125. The molecule has 9 heavy (non-hydrogen) atoms. The molecule has 2 rings (SSSR count). The number of ether oxygens (including phenoxy) is 1. The Morgan fingerprint density at radius 2 is 1.89 bits per heavy atom. The van der Waals surface area contributed by atoms with Gasteiger partial charge in [0.15, 0.2) is 0 Å².